The Kier molecular flexibility index (Phi) is 4.17. The molecule has 26 heavy (non-hydrogen) atoms. The predicted octanol–water partition coefficient (Wildman–Crippen LogP) is 2.41. The molecule has 5 heteroatoms. The third kappa shape index (κ3) is 2.49. The second-order valence-corrected chi connectivity index (χ2v) is 7.42. The Hall–Kier alpha value is -2.43. The Morgan fingerprint density at radius 2 is 1.54 bits per heavy atom. The maximum Gasteiger partial charge on any atom is 0.238 e. The highest BCUT2D eigenvalue weighted by Gasteiger charge is 2.59. The fraction of sp³-hybridized carbons (Fsp3) is 0.476. The summed E-state index contributed by atoms with van der Waals surface area (Å²) in [5.41, 5.74) is 1.51. The van der Waals surface area contributed by atoms with E-state index in [2.05, 4.69) is 12.2 Å². The molecular weight excluding hydrogens is 328 g/mol. The van der Waals surface area contributed by atoms with E-state index in [1.165, 1.54) is 4.90 Å². The fourth-order valence-electron chi connectivity index (χ4n) is 4.78. The number of likely N-dealkylation sites (N-methyl/N-ethyl adjacent to an activating group) is 1. The lowest BCUT2D eigenvalue weighted by Gasteiger charge is -2.19. The SMILES string of the molecule is CCN(CC)C(=O)Cc1ccc(N2C(=O)C3C4C=CC(C4)C3C2=O)cc1. The number of anilines is 1. The van der Waals surface area contributed by atoms with Gasteiger partial charge in [0.15, 0.2) is 0 Å². The van der Waals surface area contributed by atoms with E-state index in [-0.39, 0.29) is 41.4 Å². The first-order valence-electron chi connectivity index (χ1n) is 9.48. The maximum atomic E-state index is 12.8. The van der Waals surface area contributed by atoms with E-state index < -0.39 is 0 Å². The molecule has 2 fully saturated rings. The molecule has 3 aliphatic rings. The molecule has 4 unspecified atom stereocenters. The van der Waals surface area contributed by atoms with Gasteiger partial charge in [0.25, 0.3) is 0 Å². The van der Waals surface area contributed by atoms with E-state index in [9.17, 15) is 14.4 Å². The molecule has 4 atom stereocenters. The molecule has 0 radical (unpaired) electrons. The minimum absolute atomic E-state index is 0.0659. The lowest BCUT2D eigenvalue weighted by Crippen LogP contribution is -2.33. The van der Waals surface area contributed by atoms with Crippen LogP contribution in [0.4, 0.5) is 5.69 Å². The average Bonchev–Trinajstić information content (AvgIpc) is 3.31. The van der Waals surface area contributed by atoms with Crippen LogP contribution in [0.5, 0.6) is 0 Å². The molecule has 5 nitrogen and oxygen atoms in total. The Bertz CT molecular complexity index is 749. The van der Waals surface area contributed by atoms with Crippen LogP contribution >= 0.6 is 0 Å². The van der Waals surface area contributed by atoms with Crippen molar-refractivity contribution in [2.75, 3.05) is 18.0 Å². The van der Waals surface area contributed by atoms with Crippen molar-refractivity contribution in [1.29, 1.82) is 0 Å². The number of carbonyl (C=O) groups is 3. The molecule has 3 amide bonds. The van der Waals surface area contributed by atoms with Crippen LogP contribution in [0.15, 0.2) is 36.4 Å². The number of nitrogens with zero attached hydrogens (tertiary/aromatic N) is 2. The summed E-state index contributed by atoms with van der Waals surface area (Å²) < 4.78 is 0. The van der Waals surface area contributed by atoms with Crippen molar-refractivity contribution < 1.29 is 14.4 Å². The van der Waals surface area contributed by atoms with E-state index in [4.69, 9.17) is 0 Å². The second-order valence-electron chi connectivity index (χ2n) is 7.42. The van der Waals surface area contributed by atoms with Crippen molar-refractivity contribution in [1.82, 2.24) is 4.90 Å². The Balaban J connectivity index is 1.50. The molecule has 0 spiro atoms. The van der Waals surface area contributed by atoms with Crippen LogP contribution in [0.1, 0.15) is 25.8 Å². The number of carbonyl (C=O) groups excluding carboxylic acids is 3. The number of rotatable bonds is 5. The Labute approximate surface area is 153 Å². The van der Waals surface area contributed by atoms with Gasteiger partial charge in [0.05, 0.1) is 23.9 Å². The molecular formula is C21H24N2O3. The van der Waals surface area contributed by atoms with Crippen molar-refractivity contribution in [2.45, 2.75) is 26.7 Å². The van der Waals surface area contributed by atoms with E-state index in [1.54, 1.807) is 17.0 Å². The predicted molar refractivity (Wildman–Crippen MR) is 98.3 cm³/mol. The topological polar surface area (TPSA) is 57.7 Å². The first-order chi connectivity index (χ1) is 12.5. The molecule has 1 saturated carbocycles. The molecule has 0 N–H and O–H groups in total. The van der Waals surface area contributed by atoms with Crippen molar-refractivity contribution in [3.63, 3.8) is 0 Å². The van der Waals surface area contributed by atoms with Crippen LogP contribution in [0.3, 0.4) is 0 Å². The number of amides is 3. The third-order valence-corrected chi connectivity index (χ3v) is 6.14. The average molecular weight is 352 g/mol. The Morgan fingerprint density at radius 3 is 2.04 bits per heavy atom. The van der Waals surface area contributed by atoms with Crippen LogP contribution < -0.4 is 4.90 Å². The smallest absolute Gasteiger partial charge is 0.238 e. The number of fused-ring (bicyclic) bond motifs is 5. The largest absolute Gasteiger partial charge is 0.343 e. The lowest BCUT2D eigenvalue weighted by atomic mass is 9.85. The number of hydrogen-bond acceptors (Lipinski definition) is 3. The van der Waals surface area contributed by atoms with Crippen molar-refractivity contribution in [3.05, 3.63) is 42.0 Å². The highest BCUT2D eigenvalue weighted by Crippen LogP contribution is 2.53. The standard InChI is InChI=1S/C21H24N2O3/c1-3-22(4-2)17(24)11-13-5-9-16(10-6-13)23-20(25)18-14-7-8-15(12-14)19(18)21(23)26/h5-10,14-15,18-19H,3-4,11-12H2,1-2H3. The molecule has 4 rings (SSSR count). The number of benzene rings is 1. The summed E-state index contributed by atoms with van der Waals surface area (Å²) in [5.74, 6) is 0.0403. The van der Waals surface area contributed by atoms with Gasteiger partial charge in [0.1, 0.15) is 0 Å². The van der Waals surface area contributed by atoms with E-state index >= 15 is 0 Å². The van der Waals surface area contributed by atoms with Crippen molar-refractivity contribution in [2.24, 2.45) is 23.7 Å². The van der Waals surface area contributed by atoms with E-state index in [1.807, 2.05) is 26.0 Å². The second kappa shape index (κ2) is 6.38. The molecule has 1 aliphatic heterocycles. The number of allylic oxidation sites excluding steroid dienone is 2. The van der Waals surface area contributed by atoms with Gasteiger partial charge in [-0.3, -0.25) is 19.3 Å². The molecule has 2 bridgehead atoms. The first kappa shape index (κ1) is 17.0. The zero-order valence-electron chi connectivity index (χ0n) is 15.2. The van der Waals surface area contributed by atoms with Gasteiger partial charge in [-0.25, -0.2) is 0 Å². The van der Waals surface area contributed by atoms with Gasteiger partial charge in [0, 0.05) is 13.1 Å². The normalized spacial score (nSPS) is 28.8. The summed E-state index contributed by atoms with van der Waals surface area (Å²) in [4.78, 5) is 41.0. The van der Waals surface area contributed by atoms with Crippen molar-refractivity contribution in [3.8, 4) is 0 Å². The van der Waals surface area contributed by atoms with Crippen LogP contribution in [0.2, 0.25) is 0 Å². The molecule has 136 valence electrons. The van der Waals surface area contributed by atoms with Crippen LogP contribution in [0.25, 0.3) is 0 Å². The van der Waals surface area contributed by atoms with E-state index in [0.717, 1.165) is 12.0 Å². The molecule has 1 heterocycles. The zero-order valence-corrected chi connectivity index (χ0v) is 15.2. The molecule has 1 aromatic rings. The van der Waals surface area contributed by atoms with Crippen LogP contribution in [-0.4, -0.2) is 35.7 Å². The summed E-state index contributed by atoms with van der Waals surface area (Å²) in [6, 6.07) is 7.27. The Morgan fingerprint density at radius 1 is 1.00 bits per heavy atom. The summed E-state index contributed by atoms with van der Waals surface area (Å²) >= 11 is 0. The van der Waals surface area contributed by atoms with Gasteiger partial charge >= 0.3 is 0 Å². The van der Waals surface area contributed by atoms with Crippen LogP contribution in [0, 0.1) is 23.7 Å². The molecule has 1 aromatic carbocycles. The minimum Gasteiger partial charge on any atom is -0.343 e. The van der Waals surface area contributed by atoms with Gasteiger partial charge in [0.2, 0.25) is 17.7 Å². The monoisotopic (exact) mass is 352 g/mol. The summed E-state index contributed by atoms with van der Waals surface area (Å²) in [7, 11) is 0. The highest BCUT2D eigenvalue weighted by atomic mass is 16.2. The number of imide groups is 1. The van der Waals surface area contributed by atoms with Gasteiger partial charge in [-0.15, -0.1) is 0 Å². The minimum atomic E-state index is -0.179. The summed E-state index contributed by atoms with van der Waals surface area (Å²) in [6.45, 7) is 5.33. The molecule has 2 aliphatic carbocycles. The van der Waals surface area contributed by atoms with E-state index in [0.29, 0.717) is 25.2 Å². The van der Waals surface area contributed by atoms with Crippen molar-refractivity contribution >= 4 is 23.4 Å². The number of hydrogen-bond donors (Lipinski definition) is 0. The first-order valence-corrected chi connectivity index (χ1v) is 9.48. The van der Waals surface area contributed by atoms with Gasteiger partial charge in [-0.05, 0) is 49.8 Å². The lowest BCUT2D eigenvalue weighted by molar-refractivity contribution is -0.130. The highest BCUT2D eigenvalue weighted by molar-refractivity contribution is 6.22. The van der Waals surface area contributed by atoms with Crippen LogP contribution in [-0.2, 0) is 20.8 Å². The van der Waals surface area contributed by atoms with Gasteiger partial charge in [-0.1, -0.05) is 24.3 Å². The fourth-order valence-corrected chi connectivity index (χ4v) is 4.78. The summed E-state index contributed by atoms with van der Waals surface area (Å²) in [6.07, 6.45) is 5.47. The van der Waals surface area contributed by atoms with Gasteiger partial charge in [-0.2, -0.15) is 0 Å². The van der Waals surface area contributed by atoms with Gasteiger partial charge < -0.3 is 4.90 Å². The summed E-state index contributed by atoms with van der Waals surface area (Å²) in [5, 5.41) is 0. The maximum absolute atomic E-state index is 12.8. The molecule has 0 aromatic heterocycles. The molecule has 1 saturated heterocycles. The third-order valence-electron chi connectivity index (χ3n) is 6.14. The zero-order chi connectivity index (χ0) is 18.4. The quantitative estimate of drug-likeness (QED) is 0.604.